The van der Waals surface area contributed by atoms with Gasteiger partial charge in [-0.3, -0.25) is 0 Å². The first-order valence-electron chi connectivity index (χ1n) is 9.67. The molecule has 4 rings (SSSR count). The molecule has 2 fully saturated rings. The fraction of sp³-hybridized carbons (Fsp3) is 0.650. The highest BCUT2D eigenvalue weighted by Crippen LogP contribution is 2.37. The lowest BCUT2D eigenvalue weighted by molar-refractivity contribution is -0.0364. The fourth-order valence-electron chi connectivity index (χ4n) is 3.79. The van der Waals surface area contributed by atoms with Gasteiger partial charge in [-0.15, -0.1) is 0 Å². The van der Waals surface area contributed by atoms with Crippen molar-refractivity contribution in [3.05, 3.63) is 23.3 Å². The van der Waals surface area contributed by atoms with Crippen LogP contribution in [0.4, 0.5) is 0 Å². The van der Waals surface area contributed by atoms with Gasteiger partial charge < -0.3 is 14.0 Å². The van der Waals surface area contributed by atoms with E-state index in [2.05, 4.69) is 53.7 Å². The lowest BCUT2D eigenvalue weighted by atomic mass is 9.81. The Morgan fingerprint density at radius 3 is 2.38 bits per heavy atom. The SMILES string of the molecule is Cc1ccc2c(c(B3OC(C)(C)C(C)(C)O3)nn2C2CCCCO2)c1C. The Kier molecular flexibility index (Phi) is 4.21. The molecule has 5 nitrogen and oxygen atoms in total. The van der Waals surface area contributed by atoms with Gasteiger partial charge in [-0.1, -0.05) is 6.07 Å². The number of hydrogen-bond acceptors (Lipinski definition) is 4. The molecule has 0 spiro atoms. The van der Waals surface area contributed by atoms with E-state index in [4.69, 9.17) is 19.1 Å². The Bertz CT molecular complexity index is 821. The smallest absolute Gasteiger partial charge is 0.398 e. The molecule has 0 radical (unpaired) electrons. The summed E-state index contributed by atoms with van der Waals surface area (Å²) in [7, 11) is -0.465. The zero-order valence-corrected chi connectivity index (χ0v) is 16.8. The van der Waals surface area contributed by atoms with E-state index in [-0.39, 0.29) is 17.4 Å². The Labute approximate surface area is 156 Å². The third kappa shape index (κ3) is 2.70. The molecule has 0 amide bonds. The maximum Gasteiger partial charge on any atom is 0.517 e. The van der Waals surface area contributed by atoms with Gasteiger partial charge in [0.2, 0.25) is 0 Å². The van der Waals surface area contributed by atoms with Gasteiger partial charge >= 0.3 is 7.12 Å². The number of aryl methyl sites for hydroxylation is 2. The number of ether oxygens (including phenoxy) is 1. The zero-order chi connectivity index (χ0) is 18.7. The van der Waals surface area contributed by atoms with Crippen LogP contribution in [0.5, 0.6) is 0 Å². The van der Waals surface area contributed by atoms with Crippen molar-refractivity contribution in [1.82, 2.24) is 9.78 Å². The summed E-state index contributed by atoms with van der Waals surface area (Å²) in [5, 5.41) is 6.11. The first-order chi connectivity index (χ1) is 12.2. The van der Waals surface area contributed by atoms with Crippen LogP contribution in [0.25, 0.3) is 10.9 Å². The van der Waals surface area contributed by atoms with E-state index in [1.54, 1.807) is 0 Å². The molecule has 2 aliphatic rings. The van der Waals surface area contributed by atoms with E-state index in [1.807, 2.05) is 4.68 Å². The molecule has 1 atom stereocenters. The van der Waals surface area contributed by atoms with Gasteiger partial charge in [0.1, 0.15) is 5.59 Å². The number of nitrogens with zero attached hydrogens (tertiary/aromatic N) is 2. The van der Waals surface area contributed by atoms with E-state index >= 15 is 0 Å². The fourth-order valence-corrected chi connectivity index (χ4v) is 3.79. The molecule has 2 aromatic rings. The van der Waals surface area contributed by atoms with Gasteiger partial charge in [-0.25, -0.2) is 4.68 Å². The molecule has 1 unspecified atom stereocenters. The second-order valence-corrected chi connectivity index (χ2v) is 8.64. The van der Waals surface area contributed by atoms with Crippen molar-refractivity contribution < 1.29 is 14.0 Å². The van der Waals surface area contributed by atoms with Crippen LogP contribution in [0.3, 0.4) is 0 Å². The molecular formula is C20H29BN2O3. The summed E-state index contributed by atoms with van der Waals surface area (Å²) in [6.45, 7) is 13.4. The highest BCUT2D eigenvalue weighted by atomic mass is 16.7. The lowest BCUT2D eigenvalue weighted by Crippen LogP contribution is -2.41. The second-order valence-electron chi connectivity index (χ2n) is 8.64. The number of rotatable bonds is 2. The molecule has 3 heterocycles. The van der Waals surface area contributed by atoms with Crippen molar-refractivity contribution in [2.45, 2.75) is 78.2 Å². The molecule has 0 bridgehead atoms. The van der Waals surface area contributed by atoms with Crippen LogP contribution in [-0.4, -0.2) is 34.7 Å². The summed E-state index contributed by atoms with van der Waals surface area (Å²) in [5.74, 6) is 0. The van der Waals surface area contributed by atoms with E-state index in [0.29, 0.717) is 0 Å². The molecule has 2 aliphatic heterocycles. The van der Waals surface area contributed by atoms with Crippen LogP contribution >= 0.6 is 0 Å². The molecule has 0 N–H and O–H groups in total. The van der Waals surface area contributed by atoms with Crippen LogP contribution in [0, 0.1) is 13.8 Å². The first kappa shape index (κ1) is 18.0. The van der Waals surface area contributed by atoms with E-state index in [0.717, 1.165) is 35.9 Å². The van der Waals surface area contributed by atoms with Crippen LogP contribution in [0.2, 0.25) is 0 Å². The number of benzene rings is 1. The van der Waals surface area contributed by atoms with Gasteiger partial charge in [0.15, 0.2) is 6.23 Å². The van der Waals surface area contributed by atoms with Crippen LogP contribution in [0.15, 0.2) is 12.1 Å². The van der Waals surface area contributed by atoms with Crippen molar-refractivity contribution in [3.8, 4) is 0 Å². The predicted octanol–water partition coefficient (Wildman–Crippen LogP) is 3.65. The normalized spacial score (nSPS) is 25.2. The maximum atomic E-state index is 6.31. The quantitative estimate of drug-likeness (QED) is 0.771. The van der Waals surface area contributed by atoms with Crippen LogP contribution < -0.4 is 5.59 Å². The maximum absolute atomic E-state index is 6.31. The molecule has 26 heavy (non-hydrogen) atoms. The summed E-state index contributed by atoms with van der Waals surface area (Å²) in [6, 6.07) is 4.31. The Hall–Kier alpha value is -1.37. The Morgan fingerprint density at radius 2 is 1.77 bits per heavy atom. The molecule has 0 saturated carbocycles. The number of hydrogen-bond donors (Lipinski definition) is 0. The largest absolute Gasteiger partial charge is 0.517 e. The molecule has 1 aromatic carbocycles. The standard InChI is InChI=1S/C20H29BN2O3/c1-13-10-11-15-17(14(13)2)18(21-25-19(3,4)20(5,6)26-21)22-23(15)16-9-7-8-12-24-16/h10-11,16H,7-9,12H2,1-6H3. The monoisotopic (exact) mass is 356 g/mol. The molecule has 140 valence electrons. The third-order valence-electron chi connectivity index (χ3n) is 6.34. The summed E-state index contributed by atoms with van der Waals surface area (Å²) < 4.78 is 20.7. The van der Waals surface area contributed by atoms with Crippen molar-refractivity contribution in [1.29, 1.82) is 0 Å². The molecule has 0 aliphatic carbocycles. The van der Waals surface area contributed by atoms with E-state index < -0.39 is 7.12 Å². The highest BCUT2D eigenvalue weighted by molar-refractivity contribution is 6.64. The van der Waals surface area contributed by atoms with Crippen molar-refractivity contribution in [2.75, 3.05) is 6.61 Å². The molecule has 1 aromatic heterocycles. The molecule has 2 saturated heterocycles. The average molecular weight is 356 g/mol. The topological polar surface area (TPSA) is 45.5 Å². The third-order valence-corrected chi connectivity index (χ3v) is 6.34. The van der Waals surface area contributed by atoms with E-state index in [1.165, 1.54) is 17.5 Å². The minimum atomic E-state index is -0.465. The van der Waals surface area contributed by atoms with Gasteiger partial charge in [0.25, 0.3) is 0 Å². The molecule has 6 heteroatoms. The lowest BCUT2D eigenvalue weighted by Gasteiger charge is -2.32. The Morgan fingerprint density at radius 1 is 1.08 bits per heavy atom. The minimum absolute atomic E-state index is 0.00969. The highest BCUT2D eigenvalue weighted by Gasteiger charge is 2.53. The Balaban J connectivity index is 1.85. The summed E-state index contributed by atoms with van der Waals surface area (Å²) in [4.78, 5) is 0. The zero-order valence-electron chi connectivity index (χ0n) is 16.8. The van der Waals surface area contributed by atoms with E-state index in [9.17, 15) is 0 Å². The summed E-state index contributed by atoms with van der Waals surface area (Å²) in [6.07, 6.45) is 3.28. The second kappa shape index (κ2) is 6.08. The summed E-state index contributed by atoms with van der Waals surface area (Å²) in [5.41, 5.74) is 3.69. The van der Waals surface area contributed by atoms with Crippen LogP contribution in [0.1, 0.15) is 64.3 Å². The first-order valence-corrected chi connectivity index (χ1v) is 9.67. The van der Waals surface area contributed by atoms with Gasteiger partial charge in [-0.2, -0.15) is 5.10 Å². The number of aromatic nitrogens is 2. The molecular weight excluding hydrogens is 327 g/mol. The summed E-state index contributed by atoms with van der Waals surface area (Å²) >= 11 is 0. The van der Waals surface area contributed by atoms with Gasteiger partial charge in [-0.05, 0) is 78.0 Å². The minimum Gasteiger partial charge on any atom is -0.398 e. The van der Waals surface area contributed by atoms with Gasteiger partial charge in [0, 0.05) is 12.0 Å². The van der Waals surface area contributed by atoms with Crippen molar-refractivity contribution in [3.63, 3.8) is 0 Å². The van der Waals surface area contributed by atoms with Crippen LogP contribution in [-0.2, 0) is 14.0 Å². The number of fused-ring (bicyclic) bond motifs is 1. The van der Waals surface area contributed by atoms with Gasteiger partial charge in [0.05, 0.1) is 16.7 Å². The average Bonchev–Trinajstić information content (AvgIpc) is 3.07. The van der Waals surface area contributed by atoms with Crippen molar-refractivity contribution in [2.24, 2.45) is 0 Å². The van der Waals surface area contributed by atoms with Crippen molar-refractivity contribution >= 4 is 23.6 Å². The predicted molar refractivity (Wildman–Crippen MR) is 104 cm³/mol.